The Morgan fingerprint density at radius 1 is 1.41 bits per heavy atom. The van der Waals surface area contributed by atoms with E-state index < -0.39 is 17.6 Å². The highest BCUT2D eigenvalue weighted by Crippen LogP contribution is 2.32. The van der Waals surface area contributed by atoms with E-state index in [4.69, 9.17) is 9.47 Å². The fourth-order valence-corrected chi connectivity index (χ4v) is 1.69. The second kappa shape index (κ2) is 5.19. The van der Waals surface area contributed by atoms with Gasteiger partial charge in [-0.3, -0.25) is 4.79 Å². The Morgan fingerprint density at radius 3 is 2.53 bits per heavy atom. The zero-order valence-corrected chi connectivity index (χ0v) is 11.0. The van der Waals surface area contributed by atoms with Gasteiger partial charge in [0.25, 0.3) is 0 Å². The summed E-state index contributed by atoms with van der Waals surface area (Å²) < 4.78 is 10.8. The van der Waals surface area contributed by atoms with E-state index in [-0.39, 0.29) is 18.3 Å². The van der Waals surface area contributed by atoms with Crippen LogP contribution >= 0.6 is 0 Å². The van der Waals surface area contributed by atoms with Crippen LogP contribution < -0.4 is 0 Å². The molecule has 1 aliphatic heterocycles. The Bertz CT molecular complexity index is 307. The molecular weight excluding hydrogens is 220 g/mol. The van der Waals surface area contributed by atoms with Gasteiger partial charge < -0.3 is 14.6 Å². The van der Waals surface area contributed by atoms with Crippen molar-refractivity contribution < 1.29 is 19.4 Å². The van der Waals surface area contributed by atoms with Gasteiger partial charge in [0, 0.05) is 0 Å². The van der Waals surface area contributed by atoms with Gasteiger partial charge in [0.05, 0.1) is 18.1 Å². The second-order valence-corrected chi connectivity index (χ2v) is 5.29. The molecule has 98 valence electrons. The van der Waals surface area contributed by atoms with Crippen molar-refractivity contribution in [3.05, 3.63) is 12.3 Å². The molecule has 17 heavy (non-hydrogen) atoms. The standard InChI is InChI=1S/C13H22O4/c1-8(2)10(14)11-12(15)13(4,5)9(3)16-6-7-17-11/h8,10-11,14H,3,6-7H2,1-2,4-5H3. The molecular formula is C13H22O4. The first-order chi connectivity index (χ1) is 7.78. The molecule has 1 N–H and O–H groups in total. The van der Waals surface area contributed by atoms with Crippen molar-refractivity contribution in [1.29, 1.82) is 0 Å². The molecule has 2 atom stereocenters. The smallest absolute Gasteiger partial charge is 0.177 e. The molecule has 1 saturated heterocycles. The van der Waals surface area contributed by atoms with Gasteiger partial charge >= 0.3 is 0 Å². The number of hydrogen-bond donors (Lipinski definition) is 1. The summed E-state index contributed by atoms with van der Waals surface area (Å²) in [5, 5.41) is 10.0. The molecule has 0 aliphatic carbocycles. The number of hydrogen-bond acceptors (Lipinski definition) is 4. The van der Waals surface area contributed by atoms with Crippen molar-refractivity contribution in [3.8, 4) is 0 Å². The van der Waals surface area contributed by atoms with Crippen molar-refractivity contribution in [2.75, 3.05) is 13.2 Å². The molecule has 0 aromatic rings. The molecule has 1 aliphatic rings. The van der Waals surface area contributed by atoms with E-state index in [0.29, 0.717) is 12.4 Å². The summed E-state index contributed by atoms with van der Waals surface area (Å²) >= 11 is 0. The number of Topliss-reactive ketones (excluding diaryl/α,β-unsaturated/α-hetero) is 1. The van der Waals surface area contributed by atoms with Crippen molar-refractivity contribution in [3.63, 3.8) is 0 Å². The minimum absolute atomic E-state index is 0.0339. The van der Waals surface area contributed by atoms with Crippen LogP contribution in [0.25, 0.3) is 0 Å². The molecule has 4 nitrogen and oxygen atoms in total. The number of aliphatic hydroxyl groups excluding tert-OH is 1. The predicted octanol–water partition coefficient (Wildman–Crippen LogP) is 1.53. The maximum Gasteiger partial charge on any atom is 0.177 e. The summed E-state index contributed by atoms with van der Waals surface area (Å²) in [5.74, 6) is 0.225. The van der Waals surface area contributed by atoms with Gasteiger partial charge in [0.15, 0.2) is 5.78 Å². The normalized spacial score (nSPS) is 27.3. The van der Waals surface area contributed by atoms with Crippen LogP contribution in [0.1, 0.15) is 27.7 Å². The van der Waals surface area contributed by atoms with E-state index >= 15 is 0 Å². The number of ether oxygens (including phenoxy) is 2. The van der Waals surface area contributed by atoms with Gasteiger partial charge in [0.1, 0.15) is 18.5 Å². The summed E-state index contributed by atoms with van der Waals surface area (Å²) in [6, 6.07) is 0. The van der Waals surface area contributed by atoms with E-state index in [2.05, 4.69) is 6.58 Å². The molecule has 0 aromatic heterocycles. The lowest BCUT2D eigenvalue weighted by atomic mass is 9.80. The minimum atomic E-state index is -0.832. The number of carbonyl (C=O) groups excluding carboxylic acids is 1. The summed E-state index contributed by atoms with van der Waals surface area (Å²) in [4.78, 5) is 12.4. The van der Waals surface area contributed by atoms with Gasteiger partial charge in [0.2, 0.25) is 0 Å². The summed E-state index contributed by atoms with van der Waals surface area (Å²) in [7, 11) is 0. The Balaban J connectivity index is 2.97. The van der Waals surface area contributed by atoms with E-state index in [1.807, 2.05) is 13.8 Å². The Kier molecular flexibility index (Phi) is 4.33. The van der Waals surface area contributed by atoms with Crippen LogP contribution in [0.15, 0.2) is 12.3 Å². The van der Waals surface area contributed by atoms with Crippen LogP contribution in [0.2, 0.25) is 0 Å². The van der Waals surface area contributed by atoms with Crippen molar-refractivity contribution in [2.45, 2.75) is 39.9 Å². The fourth-order valence-electron chi connectivity index (χ4n) is 1.69. The molecule has 1 fully saturated rings. The number of ketones is 1. The highest BCUT2D eigenvalue weighted by molar-refractivity contribution is 5.91. The number of aliphatic hydroxyl groups is 1. The van der Waals surface area contributed by atoms with Gasteiger partial charge in [-0.1, -0.05) is 20.4 Å². The maximum atomic E-state index is 12.4. The monoisotopic (exact) mass is 242 g/mol. The average molecular weight is 242 g/mol. The minimum Gasteiger partial charge on any atom is -0.495 e. The van der Waals surface area contributed by atoms with Crippen LogP contribution in [0, 0.1) is 11.3 Å². The third kappa shape index (κ3) is 2.87. The van der Waals surface area contributed by atoms with Crippen LogP contribution in [0.5, 0.6) is 0 Å². The second-order valence-electron chi connectivity index (χ2n) is 5.29. The SMILES string of the molecule is C=C1OCCOC(C(O)C(C)C)C(=O)C1(C)C. The average Bonchev–Trinajstić information content (AvgIpc) is 2.25. The zero-order chi connectivity index (χ0) is 13.2. The first-order valence-corrected chi connectivity index (χ1v) is 5.94. The molecule has 2 unspecified atom stereocenters. The topological polar surface area (TPSA) is 55.8 Å². The van der Waals surface area contributed by atoms with Crippen LogP contribution in [0.4, 0.5) is 0 Å². The molecule has 1 rings (SSSR count). The van der Waals surface area contributed by atoms with Gasteiger partial charge in [-0.15, -0.1) is 0 Å². The Labute approximate surface area is 103 Å². The molecule has 0 aromatic carbocycles. The first-order valence-electron chi connectivity index (χ1n) is 5.94. The molecule has 1 heterocycles. The number of rotatable bonds is 2. The number of carbonyl (C=O) groups is 1. The van der Waals surface area contributed by atoms with E-state index in [9.17, 15) is 9.90 Å². The quantitative estimate of drug-likeness (QED) is 0.797. The molecule has 0 bridgehead atoms. The fraction of sp³-hybridized carbons (Fsp3) is 0.769. The van der Waals surface area contributed by atoms with Crippen molar-refractivity contribution >= 4 is 5.78 Å². The molecule has 0 radical (unpaired) electrons. The molecule has 0 amide bonds. The van der Waals surface area contributed by atoms with E-state index in [1.54, 1.807) is 13.8 Å². The number of allylic oxidation sites excluding steroid dienone is 1. The van der Waals surface area contributed by atoms with Gasteiger partial charge in [-0.25, -0.2) is 0 Å². The Morgan fingerprint density at radius 2 is 2.00 bits per heavy atom. The largest absolute Gasteiger partial charge is 0.495 e. The third-order valence-corrected chi connectivity index (χ3v) is 3.22. The van der Waals surface area contributed by atoms with E-state index in [0.717, 1.165) is 0 Å². The van der Waals surface area contributed by atoms with Crippen molar-refractivity contribution in [1.82, 2.24) is 0 Å². The molecule has 0 saturated carbocycles. The Hall–Kier alpha value is -0.870. The lowest BCUT2D eigenvalue weighted by Crippen LogP contribution is -2.48. The molecule has 0 spiro atoms. The first kappa shape index (κ1) is 14.2. The predicted molar refractivity (Wildman–Crippen MR) is 64.5 cm³/mol. The van der Waals surface area contributed by atoms with Crippen LogP contribution in [0.3, 0.4) is 0 Å². The van der Waals surface area contributed by atoms with Crippen LogP contribution in [-0.2, 0) is 14.3 Å². The zero-order valence-electron chi connectivity index (χ0n) is 11.0. The maximum absolute atomic E-state index is 12.4. The highest BCUT2D eigenvalue weighted by Gasteiger charge is 2.42. The summed E-state index contributed by atoms with van der Waals surface area (Å²) in [6.45, 7) is 11.6. The lowest BCUT2D eigenvalue weighted by molar-refractivity contribution is -0.155. The van der Waals surface area contributed by atoms with Gasteiger partial charge in [-0.05, 0) is 19.8 Å². The van der Waals surface area contributed by atoms with E-state index in [1.165, 1.54) is 0 Å². The lowest BCUT2D eigenvalue weighted by Gasteiger charge is -2.35. The summed E-state index contributed by atoms with van der Waals surface area (Å²) in [6.07, 6.45) is -1.60. The third-order valence-electron chi connectivity index (χ3n) is 3.22. The molecule has 4 heteroatoms. The highest BCUT2D eigenvalue weighted by atomic mass is 16.5. The van der Waals surface area contributed by atoms with Crippen molar-refractivity contribution in [2.24, 2.45) is 11.3 Å². The van der Waals surface area contributed by atoms with Crippen LogP contribution in [-0.4, -0.2) is 36.3 Å². The summed E-state index contributed by atoms with van der Waals surface area (Å²) in [5.41, 5.74) is -0.832. The van der Waals surface area contributed by atoms with Gasteiger partial charge in [-0.2, -0.15) is 0 Å².